The second kappa shape index (κ2) is 10.9. The van der Waals surface area contributed by atoms with Gasteiger partial charge in [0.05, 0.1) is 6.26 Å². The molecule has 2 amide bonds. The molecule has 1 aromatic heterocycles. The summed E-state index contributed by atoms with van der Waals surface area (Å²) in [6.45, 7) is 3.96. The summed E-state index contributed by atoms with van der Waals surface area (Å²) in [7, 11) is 2.12. The van der Waals surface area contributed by atoms with Crippen LogP contribution < -0.4 is 15.4 Å². The van der Waals surface area contributed by atoms with E-state index in [-0.39, 0.29) is 17.7 Å². The van der Waals surface area contributed by atoms with Crippen molar-refractivity contribution >= 4 is 23.6 Å². The summed E-state index contributed by atoms with van der Waals surface area (Å²) in [6.07, 6.45) is 5.21. The summed E-state index contributed by atoms with van der Waals surface area (Å²) in [5.74, 6) is 0.392. The van der Waals surface area contributed by atoms with Gasteiger partial charge < -0.3 is 24.7 Å². The zero-order valence-corrected chi connectivity index (χ0v) is 19.4. The lowest BCUT2D eigenvalue weighted by Crippen LogP contribution is -2.35. The highest BCUT2D eigenvalue weighted by Crippen LogP contribution is 2.21. The van der Waals surface area contributed by atoms with Crippen LogP contribution in [0.5, 0.6) is 5.75 Å². The zero-order valence-electron chi connectivity index (χ0n) is 19.4. The number of hydrogen-bond acceptors (Lipinski definition) is 5. The van der Waals surface area contributed by atoms with Gasteiger partial charge in [0, 0.05) is 30.4 Å². The number of amides is 2. The number of aryl methyl sites for hydroxylation is 1. The van der Waals surface area contributed by atoms with E-state index in [0.29, 0.717) is 17.0 Å². The summed E-state index contributed by atoms with van der Waals surface area (Å²) in [4.78, 5) is 28.1. The fourth-order valence-corrected chi connectivity index (χ4v) is 3.77. The summed E-state index contributed by atoms with van der Waals surface area (Å²) in [5, 5.41) is 5.54. The normalized spacial score (nSPS) is 15.1. The molecule has 1 aliphatic heterocycles. The van der Waals surface area contributed by atoms with E-state index in [0.717, 1.165) is 37.2 Å². The van der Waals surface area contributed by atoms with Crippen LogP contribution in [0.4, 0.5) is 5.69 Å². The standard InChI is InChI=1S/C27H29N3O4/c1-19-5-3-6-20(17-19)26(31)29-25(18-24-7-4-16-33-24)27(32)28-21-8-10-22(11-9-21)34-23-12-14-30(2)15-13-23/h3-11,16-18,23H,12-15H2,1-2H3,(H,28,32)(H,29,31)/b25-18-. The number of hydrogen-bond donors (Lipinski definition) is 2. The van der Waals surface area contributed by atoms with Crippen molar-refractivity contribution in [1.29, 1.82) is 0 Å². The van der Waals surface area contributed by atoms with Crippen LogP contribution in [-0.2, 0) is 4.79 Å². The van der Waals surface area contributed by atoms with Crippen molar-refractivity contribution in [2.75, 3.05) is 25.5 Å². The second-order valence-corrected chi connectivity index (χ2v) is 8.50. The number of benzene rings is 2. The molecular weight excluding hydrogens is 430 g/mol. The van der Waals surface area contributed by atoms with Gasteiger partial charge in [0.2, 0.25) is 0 Å². The number of carbonyl (C=O) groups is 2. The fraction of sp³-hybridized carbons (Fsp3) is 0.259. The predicted molar refractivity (Wildman–Crippen MR) is 132 cm³/mol. The molecular formula is C27H29N3O4. The van der Waals surface area contributed by atoms with Gasteiger partial charge in [-0.3, -0.25) is 9.59 Å². The van der Waals surface area contributed by atoms with Crippen LogP contribution in [-0.4, -0.2) is 43.0 Å². The summed E-state index contributed by atoms with van der Waals surface area (Å²) >= 11 is 0. The number of rotatable bonds is 7. The molecule has 1 aliphatic rings. The Morgan fingerprint density at radius 3 is 2.50 bits per heavy atom. The first-order valence-electron chi connectivity index (χ1n) is 11.4. The number of anilines is 1. The maximum absolute atomic E-state index is 13.0. The third kappa shape index (κ3) is 6.36. The number of likely N-dealkylation sites (tertiary alicyclic amines) is 1. The molecule has 0 bridgehead atoms. The molecule has 0 unspecified atom stereocenters. The quantitative estimate of drug-likeness (QED) is 0.510. The molecule has 0 atom stereocenters. The molecule has 1 saturated heterocycles. The van der Waals surface area contributed by atoms with Gasteiger partial charge in [-0.15, -0.1) is 0 Å². The Bertz CT molecular complexity index is 1140. The van der Waals surface area contributed by atoms with Crippen LogP contribution >= 0.6 is 0 Å². The van der Waals surface area contributed by atoms with E-state index in [1.54, 1.807) is 42.5 Å². The molecule has 1 fully saturated rings. The fourth-order valence-electron chi connectivity index (χ4n) is 3.77. The molecule has 34 heavy (non-hydrogen) atoms. The number of carbonyl (C=O) groups excluding carboxylic acids is 2. The average Bonchev–Trinajstić information content (AvgIpc) is 3.34. The van der Waals surface area contributed by atoms with Crippen molar-refractivity contribution in [2.24, 2.45) is 0 Å². The molecule has 7 heteroatoms. The Kier molecular flexibility index (Phi) is 7.44. The lowest BCUT2D eigenvalue weighted by molar-refractivity contribution is -0.113. The average molecular weight is 460 g/mol. The topological polar surface area (TPSA) is 83.8 Å². The highest BCUT2D eigenvalue weighted by atomic mass is 16.5. The molecule has 4 rings (SSSR count). The van der Waals surface area contributed by atoms with E-state index >= 15 is 0 Å². The Morgan fingerprint density at radius 2 is 1.82 bits per heavy atom. The van der Waals surface area contributed by atoms with Gasteiger partial charge in [0.15, 0.2) is 0 Å². The zero-order chi connectivity index (χ0) is 23.9. The minimum absolute atomic E-state index is 0.0770. The summed E-state index contributed by atoms with van der Waals surface area (Å²) in [5.41, 5.74) is 2.09. The minimum atomic E-state index is -0.457. The van der Waals surface area contributed by atoms with Crippen LogP contribution in [0, 0.1) is 6.92 Å². The third-order valence-electron chi connectivity index (χ3n) is 5.68. The largest absolute Gasteiger partial charge is 0.490 e. The third-order valence-corrected chi connectivity index (χ3v) is 5.68. The summed E-state index contributed by atoms with van der Waals surface area (Å²) in [6, 6.07) is 17.9. The van der Waals surface area contributed by atoms with Crippen molar-refractivity contribution in [3.8, 4) is 5.75 Å². The minimum Gasteiger partial charge on any atom is -0.490 e. The SMILES string of the molecule is Cc1cccc(C(=O)N/C(=C\c2ccco2)C(=O)Nc2ccc(OC3CCN(C)CC3)cc2)c1. The first-order valence-corrected chi connectivity index (χ1v) is 11.4. The monoisotopic (exact) mass is 459 g/mol. The first kappa shape index (κ1) is 23.3. The molecule has 0 saturated carbocycles. The number of nitrogens with one attached hydrogen (secondary N) is 2. The number of furan rings is 1. The van der Waals surface area contributed by atoms with E-state index in [1.165, 1.54) is 12.3 Å². The van der Waals surface area contributed by atoms with E-state index < -0.39 is 5.91 Å². The van der Waals surface area contributed by atoms with Crippen molar-refractivity contribution < 1.29 is 18.7 Å². The number of nitrogens with zero attached hydrogens (tertiary/aromatic N) is 1. The number of ether oxygens (including phenoxy) is 1. The Labute approximate surface area is 199 Å². The maximum Gasteiger partial charge on any atom is 0.272 e. The molecule has 0 radical (unpaired) electrons. The molecule has 176 valence electrons. The Morgan fingerprint density at radius 1 is 1.06 bits per heavy atom. The van der Waals surface area contributed by atoms with Crippen LogP contribution in [0.3, 0.4) is 0 Å². The first-order chi connectivity index (χ1) is 16.5. The second-order valence-electron chi connectivity index (χ2n) is 8.50. The van der Waals surface area contributed by atoms with E-state index in [1.807, 2.05) is 25.1 Å². The summed E-state index contributed by atoms with van der Waals surface area (Å²) < 4.78 is 11.4. The molecule has 0 aliphatic carbocycles. The Balaban J connectivity index is 1.43. The van der Waals surface area contributed by atoms with Crippen LogP contribution in [0.2, 0.25) is 0 Å². The molecule has 3 aromatic rings. The molecule has 0 spiro atoms. The van der Waals surface area contributed by atoms with Crippen molar-refractivity contribution in [3.05, 3.63) is 89.5 Å². The Hall–Kier alpha value is -3.84. The van der Waals surface area contributed by atoms with Gasteiger partial charge in [0.25, 0.3) is 11.8 Å². The highest BCUT2D eigenvalue weighted by molar-refractivity contribution is 6.10. The van der Waals surface area contributed by atoms with Crippen molar-refractivity contribution in [2.45, 2.75) is 25.9 Å². The lowest BCUT2D eigenvalue weighted by atomic mass is 10.1. The maximum atomic E-state index is 13.0. The smallest absolute Gasteiger partial charge is 0.272 e. The van der Waals surface area contributed by atoms with E-state index in [9.17, 15) is 9.59 Å². The van der Waals surface area contributed by atoms with Crippen molar-refractivity contribution in [3.63, 3.8) is 0 Å². The van der Waals surface area contributed by atoms with Gasteiger partial charge in [-0.25, -0.2) is 0 Å². The number of piperidine rings is 1. The predicted octanol–water partition coefficient (Wildman–Crippen LogP) is 4.47. The van der Waals surface area contributed by atoms with Gasteiger partial charge in [0.1, 0.15) is 23.3 Å². The highest BCUT2D eigenvalue weighted by Gasteiger charge is 2.19. The van der Waals surface area contributed by atoms with Gasteiger partial charge >= 0.3 is 0 Å². The molecule has 7 nitrogen and oxygen atoms in total. The van der Waals surface area contributed by atoms with Gasteiger partial charge in [-0.1, -0.05) is 17.7 Å². The van der Waals surface area contributed by atoms with Crippen LogP contribution in [0.15, 0.2) is 77.0 Å². The van der Waals surface area contributed by atoms with Crippen LogP contribution in [0.1, 0.15) is 34.5 Å². The van der Waals surface area contributed by atoms with Gasteiger partial charge in [-0.2, -0.15) is 0 Å². The lowest BCUT2D eigenvalue weighted by Gasteiger charge is -2.29. The molecule has 2 N–H and O–H groups in total. The van der Waals surface area contributed by atoms with Crippen molar-refractivity contribution in [1.82, 2.24) is 10.2 Å². The van der Waals surface area contributed by atoms with E-state index in [4.69, 9.17) is 9.15 Å². The van der Waals surface area contributed by atoms with Crippen LogP contribution in [0.25, 0.3) is 6.08 Å². The molecule has 2 aromatic carbocycles. The van der Waals surface area contributed by atoms with E-state index in [2.05, 4.69) is 22.6 Å². The van der Waals surface area contributed by atoms with Gasteiger partial charge in [-0.05, 0) is 75.3 Å². The molecule has 2 heterocycles.